The summed E-state index contributed by atoms with van der Waals surface area (Å²) in [6.07, 6.45) is 6.23. The number of nitrogens with one attached hydrogen (secondary N) is 1. The standard InChI is InChI=1S/C16H25N5/c1-12(2)18-11-14-4-7-20(8-5-14)16-15-10-13(3)19-21(15)9-6-17-16/h6,9-10,12,14,18H,4-5,7-8,11H2,1-3H3. The van der Waals surface area contributed by atoms with Crippen LogP contribution in [-0.2, 0) is 0 Å². The highest BCUT2D eigenvalue weighted by Crippen LogP contribution is 2.25. The Labute approximate surface area is 126 Å². The summed E-state index contributed by atoms with van der Waals surface area (Å²) in [4.78, 5) is 7.00. The molecule has 0 spiro atoms. The van der Waals surface area contributed by atoms with Gasteiger partial charge in [-0.1, -0.05) is 13.8 Å². The third-order valence-electron chi connectivity index (χ3n) is 4.22. The van der Waals surface area contributed by atoms with Crippen LogP contribution in [0.5, 0.6) is 0 Å². The summed E-state index contributed by atoms with van der Waals surface area (Å²) in [5.41, 5.74) is 2.16. The molecule has 114 valence electrons. The Morgan fingerprint density at radius 3 is 2.81 bits per heavy atom. The monoisotopic (exact) mass is 287 g/mol. The van der Waals surface area contributed by atoms with Crippen LogP contribution in [0.3, 0.4) is 0 Å². The van der Waals surface area contributed by atoms with Crippen LogP contribution < -0.4 is 10.2 Å². The number of aromatic nitrogens is 3. The number of hydrogen-bond donors (Lipinski definition) is 1. The van der Waals surface area contributed by atoms with E-state index in [9.17, 15) is 0 Å². The first kappa shape index (κ1) is 14.3. The zero-order chi connectivity index (χ0) is 14.8. The van der Waals surface area contributed by atoms with Gasteiger partial charge in [-0.2, -0.15) is 5.10 Å². The van der Waals surface area contributed by atoms with E-state index in [1.165, 1.54) is 12.8 Å². The molecule has 1 N–H and O–H groups in total. The summed E-state index contributed by atoms with van der Waals surface area (Å²) in [6, 6.07) is 2.70. The van der Waals surface area contributed by atoms with Crippen LogP contribution in [0.25, 0.3) is 5.52 Å². The maximum atomic E-state index is 4.59. The van der Waals surface area contributed by atoms with Crippen molar-refractivity contribution >= 4 is 11.3 Å². The Kier molecular flexibility index (Phi) is 4.10. The highest BCUT2D eigenvalue weighted by atomic mass is 15.3. The van der Waals surface area contributed by atoms with Crippen LogP contribution in [0.1, 0.15) is 32.4 Å². The number of aryl methyl sites for hydroxylation is 1. The first-order valence-electron chi connectivity index (χ1n) is 7.93. The minimum absolute atomic E-state index is 0.577. The Balaban J connectivity index is 1.68. The van der Waals surface area contributed by atoms with Crippen LogP contribution in [0.15, 0.2) is 18.5 Å². The van der Waals surface area contributed by atoms with E-state index < -0.39 is 0 Å². The second-order valence-corrected chi connectivity index (χ2v) is 6.36. The molecule has 0 bridgehead atoms. The second kappa shape index (κ2) is 6.02. The SMILES string of the molecule is Cc1cc2c(N3CCC(CNC(C)C)CC3)nccn2n1. The van der Waals surface area contributed by atoms with E-state index in [0.717, 1.165) is 42.6 Å². The number of piperidine rings is 1. The van der Waals surface area contributed by atoms with Crippen molar-refractivity contribution in [1.82, 2.24) is 19.9 Å². The van der Waals surface area contributed by atoms with Gasteiger partial charge in [-0.15, -0.1) is 0 Å². The van der Waals surface area contributed by atoms with Crippen molar-refractivity contribution in [3.63, 3.8) is 0 Å². The van der Waals surface area contributed by atoms with Gasteiger partial charge in [0, 0.05) is 31.5 Å². The van der Waals surface area contributed by atoms with E-state index in [4.69, 9.17) is 0 Å². The van der Waals surface area contributed by atoms with Crippen molar-refractivity contribution in [2.24, 2.45) is 5.92 Å². The number of nitrogens with zero attached hydrogens (tertiary/aromatic N) is 4. The molecule has 5 heteroatoms. The van der Waals surface area contributed by atoms with Gasteiger partial charge in [0.25, 0.3) is 0 Å². The van der Waals surface area contributed by atoms with Crippen LogP contribution in [0, 0.1) is 12.8 Å². The smallest absolute Gasteiger partial charge is 0.154 e. The topological polar surface area (TPSA) is 45.5 Å². The van der Waals surface area contributed by atoms with Gasteiger partial charge >= 0.3 is 0 Å². The van der Waals surface area contributed by atoms with Crippen molar-refractivity contribution in [1.29, 1.82) is 0 Å². The molecular weight excluding hydrogens is 262 g/mol. The molecule has 0 aliphatic carbocycles. The van der Waals surface area contributed by atoms with Gasteiger partial charge < -0.3 is 10.2 Å². The molecule has 1 saturated heterocycles. The van der Waals surface area contributed by atoms with Crippen molar-refractivity contribution in [3.05, 3.63) is 24.2 Å². The summed E-state index contributed by atoms with van der Waals surface area (Å²) < 4.78 is 1.93. The third kappa shape index (κ3) is 3.18. The van der Waals surface area contributed by atoms with Crippen LogP contribution in [0.4, 0.5) is 5.82 Å². The predicted molar refractivity (Wildman–Crippen MR) is 85.8 cm³/mol. The lowest BCUT2D eigenvalue weighted by Crippen LogP contribution is -2.39. The Bertz CT molecular complexity index is 596. The molecule has 2 aromatic heterocycles. The van der Waals surface area contributed by atoms with Gasteiger partial charge in [0.15, 0.2) is 5.82 Å². The molecule has 0 saturated carbocycles. The average Bonchev–Trinajstić information content (AvgIpc) is 2.85. The van der Waals surface area contributed by atoms with Gasteiger partial charge in [-0.3, -0.25) is 0 Å². The maximum absolute atomic E-state index is 4.59. The zero-order valence-corrected chi connectivity index (χ0v) is 13.2. The van der Waals surface area contributed by atoms with Gasteiger partial charge in [0.2, 0.25) is 0 Å². The fourth-order valence-electron chi connectivity index (χ4n) is 3.03. The molecule has 3 heterocycles. The fourth-order valence-corrected chi connectivity index (χ4v) is 3.03. The minimum atomic E-state index is 0.577. The Morgan fingerprint density at radius 2 is 2.10 bits per heavy atom. The van der Waals surface area contributed by atoms with E-state index in [1.807, 2.05) is 23.8 Å². The highest BCUT2D eigenvalue weighted by molar-refractivity contribution is 5.69. The molecule has 1 aliphatic rings. The zero-order valence-electron chi connectivity index (χ0n) is 13.2. The van der Waals surface area contributed by atoms with Crippen molar-refractivity contribution in [2.75, 3.05) is 24.5 Å². The second-order valence-electron chi connectivity index (χ2n) is 6.36. The molecule has 1 aliphatic heterocycles. The van der Waals surface area contributed by atoms with E-state index in [1.54, 1.807) is 0 Å². The summed E-state index contributed by atoms with van der Waals surface area (Å²) in [5.74, 6) is 1.86. The summed E-state index contributed by atoms with van der Waals surface area (Å²) in [5, 5.41) is 8.03. The Hall–Kier alpha value is -1.62. The lowest BCUT2D eigenvalue weighted by atomic mass is 9.96. The van der Waals surface area contributed by atoms with E-state index in [2.05, 4.69) is 40.2 Å². The normalized spacial score (nSPS) is 17.0. The van der Waals surface area contributed by atoms with E-state index >= 15 is 0 Å². The third-order valence-corrected chi connectivity index (χ3v) is 4.22. The molecule has 3 rings (SSSR count). The molecule has 21 heavy (non-hydrogen) atoms. The van der Waals surface area contributed by atoms with Crippen LogP contribution in [0.2, 0.25) is 0 Å². The average molecular weight is 287 g/mol. The number of fused-ring (bicyclic) bond motifs is 1. The molecule has 5 nitrogen and oxygen atoms in total. The van der Waals surface area contributed by atoms with E-state index in [-0.39, 0.29) is 0 Å². The van der Waals surface area contributed by atoms with Crippen molar-refractivity contribution in [2.45, 2.75) is 39.7 Å². The van der Waals surface area contributed by atoms with Crippen molar-refractivity contribution in [3.8, 4) is 0 Å². The summed E-state index contributed by atoms with van der Waals surface area (Å²) in [7, 11) is 0. The lowest BCUT2D eigenvalue weighted by molar-refractivity contribution is 0.370. The molecule has 0 radical (unpaired) electrons. The Morgan fingerprint density at radius 1 is 1.33 bits per heavy atom. The largest absolute Gasteiger partial charge is 0.355 e. The molecule has 1 fully saturated rings. The molecule has 0 aromatic carbocycles. The minimum Gasteiger partial charge on any atom is -0.355 e. The molecule has 0 amide bonds. The maximum Gasteiger partial charge on any atom is 0.154 e. The first-order valence-corrected chi connectivity index (χ1v) is 7.93. The first-order chi connectivity index (χ1) is 10.1. The van der Waals surface area contributed by atoms with Gasteiger partial charge in [0.05, 0.1) is 5.69 Å². The number of anilines is 1. The van der Waals surface area contributed by atoms with Gasteiger partial charge in [-0.25, -0.2) is 9.50 Å². The predicted octanol–water partition coefficient (Wildman–Crippen LogP) is 2.25. The summed E-state index contributed by atoms with van der Waals surface area (Å²) in [6.45, 7) is 9.75. The molecule has 0 unspecified atom stereocenters. The van der Waals surface area contributed by atoms with Gasteiger partial charge in [0.1, 0.15) is 5.52 Å². The number of hydrogen-bond acceptors (Lipinski definition) is 4. The van der Waals surface area contributed by atoms with Crippen LogP contribution in [-0.4, -0.2) is 40.3 Å². The molecule has 2 aromatic rings. The summed E-state index contributed by atoms with van der Waals surface area (Å²) >= 11 is 0. The lowest BCUT2D eigenvalue weighted by Gasteiger charge is -2.33. The molecule has 0 atom stereocenters. The van der Waals surface area contributed by atoms with Gasteiger partial charge in [-0.05, 0) is 38.3 Å². The van der Waals surface area contributed by atoms with Crippen molar-refractivity contribution < 1.29 is 0 Å². The highest BCUT2D eigenvalue weighted by Gasteiger charge is 2.22. The fraction of sp³-hybridized carbons (Fsp3) is 0.625. The molecular formula is C16H25N5. The van der Waals surface area contributed by atoms with E-state index in [0.29, 0.717) is 6.04 Å². The number of rotatable bonds is 4. The quantitative estimate of drug-likeness (QED) is 0.937. The van der Waals surface area contributed by atoms with Crippen LogP contribution >= 0.6 is 0 Å².